The first kappa shape index (κ1) is 14.7. The van der Waals surface area contributed by atoms with Crippen LogP contribution in [-0.2, 0) is 9.59 Å². The SMILES string of the molecule is CCNC(=O)CCC(N)C(=O)O.Cl. The minimum absolute atomic E-state index is 0. The van der Waals surface area contributed by atoms with E-state index in [1.165, 1.54) is 0 Å². The lowest BCUT2D eigenvalue weighted by Gasteiger charge is -2.05. The highest BCUT2D eigenvalue weighted by Gasteiger charge is 2.12. The summed E-state index contributed by atoms with van der Waals surface area (Å²) in [5, 5.41) is 10.9. The van der Waals surface area contributed by atoms with Crippen molar-refractivity contribution >= 4 is 24.3 Å². The van der Waals surface area contributed by atoms with Gasteiger partial charge in [-0.15, -0.1) is 12.4 Å². The third-order valence-electron chi connectivity index (χ3n) is 1.37. The van der Waals surface area contributed by atoms with E-state index in [4.69, 9.17) is 10.8 Å². The van der Waals surface area contributed by atoms with E-state index < -0.39 is 12.0 Å². The molecule has 0 fully saturated rings. The Kier molecular flexibility index (Phi) is 8.84. The van der Waals surface area contributed by atoms with Gasteiger partial charge in [0.25, 0.3) is 0 Å². The average Bonchev–Trinajstić information content (AvgIpc) is 2.00. The molecule has 0 radical (unpaired) electrons. The van der Waals surface area contributed by atoms with Crippen LogP contribution in [0.4, 0.5) is 0 Å². The summed E-state index contributed by atoms with van der Waals surface area (Å²) < 4.78 is 0. The lowest BCUT2D eigenvalue weighted by Crippen LogP contribution is -2.32. The molecule has 0 saturated heterocycles. The highest BCUT2D eigenvalue weighted by atomic mass is 35.5. The Morgan fingerprint density at radius 1 is 1.54 bits per heavy atom. The standard InChI is InChI=1S/C7H14N2O3.ClH/c1-2-9-6(10)4-3-5(8)7(11)12;/h5H,2-4,8H2,1H3,(H,9,10)(H,11,12);1H. The summed E-state index contributed by atoms with van der Waals surface area (Å²) in [4.78, 5) is 21.0. The van der Waals surface area contributed by atoms with Gasteiger partial charge in [-0.05, 0) is 13.3 Å². The Morgan fingerprint density at radius 3 is 2.46 bits per heavy atom. The van der Waals surface area contributed by atoms with E-state index in [-0.39, 0.29) is 31.2 Å². The zero-order valence-corrected chi connectivity index (χ0v) is 8.26. The van der Waals surface area contributed by atoms with Gasteiger partial charge in [-0.25, -0.2) is 0 Å². The zero-order chi connectivity index (χ0) is 9.56. The molecule has 0 aliphatic heterocycles. The largest absolute Gasteiger partial charge is 0.480 e. The number of amides is 1. The van der Waals surface area contributed by atoms with E-state index in [0.29, 0.717) is 6.54 Å². The van der Waals surface area contributed by atoms with Gasteiger partial charge < -0.3 is 16.2 Å². The molecule has 13 heavy (non-hydrogen) atoms. The van der Waals surface area contributed by atoms with E-state index in [1.807, 2.05) is 0 Å². The number of nitrogens with one attached hydrogen (secondary N) is 1. The highest BCUT2D eigenvalue weighted by Crippen LogP contribution is 1.93. The second-order valence-electron chi connectivity index (χ2n) is 2.44. The molecule has 1 unspecified atom stereocenters. The second kappa shape index (κ2) is 7.82. The van der Waals surface area contributed by atoms with Crippen molar-refractivity contribution in [1.82, 2.24) is 5.32 Å². The molecule has 0 aliphatic rings. The van der Waals surface area contributed by atoms with Gasteiger partial charge in [-0.2, -0.15) is 0 Å². The third kappa shape index (κ3) is 7.55. The Balaban J connectivity index is 0. The van der Waals surface area contributed by atoms with E-state index >= 15 is 0 Å². The van der Waals surface area contributed by atoms with Crippen molar-refractivity contribution in [3.05, 3.63) is 0 Å². The summed E-state index contributed by atoms with van der Waals surface area (Å²) in [6.07, 6.45) is 0.350. The number of aliphatic carboxylic acids is 1. The van der Waals surface area contributed by atoms with Gasteiger partial charge in [0.1, 0.15) is 6.04 Å². The molecule has 1 atom stereocenters. The smallest absolute Gasteiger partial charge is 0.320 e. The molecule has 78 valence electrons. The van der Waals surface area contributed by atoms with Crippen LogP contribution in [0.5, 0.6) is 0 Å². The molecule has 4 N–H and O–H groups in total. The van der Waals surface area contributed by atoms with Gasteiger partial charge >= 0.3 is 5.97 Å². The number of rotatable bonds is 5. The van der Waals surface area contributed by atoms with Crippen LogP contribution < -0.4 is 11.1 Å². The molecule has 0 aromatic rings. The number of carbonyl (C=O) groups is 2. The zero-order valence-electron chi connectivity index (χ0n) is 7.45. The minimum Gasteiger partial charge on any atom is -0.480 e. The van der Waals surface area contributed by atoms with Crippen LogP contribution in [0, 0.1) is 0 Å². The third-order valence-corrected chi connectivity index (χ3v) is 1.37. The van der Waals surface area contributed by atoms with Gasteiger partial charge in [0.05, 0.1) is 0 Å². The van der Waals surface area contributed by atoms with Gasteiger partial charge in [0, 0.05) is 13.0 Å². The first-order valence-corrected chi connectivity index (χ1v) is 3.83. The molecule has 1 amide bonds. The highest BCUT2D eigenvalue weighted by molar-refractivity contribution is 5.85. The lowest BCUT2D eigenvalue weighted by molar-refractivity contribution is -0.138. The first-order valence-electron chi connectivity index (χ1n) is 3.83. The molecule has 0 aromatic carbocycles. The fourth-order valence-corrected chi connectivity index (χ4v) is 0.696. The number of carbonyl (C=O) groups excluding carboxylic acids is 1. The van der Waals surface area contributed by atoms with Gasteiger partial charge in [0.2, 0.25) is 5.91 Å². The fourth-order valence-electron chi connectivity index (χ4n) is 0.696. The summed E-state index contributed by atoms with van der Waals surface area (Å²) in [5.74, 6) is -1.23. The Morgan fingerprint density at radius 2 is 2.08 bits per heavy atom. The maximum atomic E-state index is 10.8. The van der Waals surface area contributed by atoms with Crippen LogP contribution in [0.1, 0.15) is 19.8 Å². The predicted molar refractivity (Wildman–Crippen MR) is 50.8 cm³/mol. The Labute approximate surface area is 83.1 Å². The molecular formula is C7H15ClN2O3. The quantitative estimate of drug-likeness (QED) is 0.583. The van der Waals surface area contributed by atoms with Gasteiger partial charge in [-0.1, -0.05) is 0 Å². The number of hydrogen-bond acceptors (Lipinski definition) is 3. The molecule has 0 bridgehead atoms. The first-order chi connectivity index (χ1) is 5.57. The number of carboxylic acid groups (broad SMARTS) is 1. The van der Waals surface area contributed by atoms with E-state index in [2.05, 4.69) is 5.32 Å². The maximum Gasteiger partial charge on any atom is 0.320 e. The van der Waals surface area contributed by atoms with Crippen molar-refractivity contribution in [2.45, 2.75) is 25.8 Å². The van der Waals surface area contributed by atoms with Crippen LogP contribution in [-0.4, -0.2) is 29.6 Å². The van der Waals surface area contributed by atoms with E-state index in [0.717, 1.165) is 0 Å². The van der Waals surface area contributed by atoms with E-state index in [9.17, 15) is 9.59 Å². The lowest BCUT2D eigenvalue weighted by atomic mass is 10.1. The summed E-state index contributed by atoms with van der Waals surface area (Å²) >= 11 is 0. The number of hydrogen-bond donors (Lipinski definition) is 3. The number of nitrogens with two attached hydrogens (primary N) is 1. The summed E-state index contributed by atoms with van der Waals surface area (Å²) in [6.45, 7) is 2.36. The fraction of sp³-hybridized carbons (Fsp3) is 0.714. The molecule has 0 aromatic heterocycles. The van der Waals surface area contributed by atoms with Crippen LogP contribution in [0.3, 0.4) is 0 Å². The predicted octanol–water partition coefficient (Wildman–Crippen LogP) is -0.264. The Bertz CT molecular complexity index is 175. The van der Waals surface area contributed by atoms with Crippen molar-refractivity contribution in [2.75, 3.05) is 6.54 Å². The van der Waals surface area contributed by atoms with Crippen LogP contribution in [0.2, 0.25) is 0 Å². The normalized spacial score (nSPS) is 11.2. The van der Waals surface area contributed by atoms with Crippen molar-refractivity contribution in [1.29, 1.82) is 0 Å². The summed E-state index contributed by atoms with van der Waals surface area (Å²) in [5.41, 5.74) is 5.18. The monoisotopic (exact) mass is 210 g/mol. The van der Waals surface area contributed by atoms with Crippen LogP contribution in [0.15, 0.2) is 0 Å². The number of carboxylic acids is 1. The number of halogens is 1. The summed E-state index contributed by atoms with van der Waals surface area (Å²) in [6, 6.07) is -0.937. The van der Waals surface area contributed by atoms with Crippen molar-refractivity contribution in [3.63, 3.8) is 0 Å². The van der Waals surface area contributed by atoms with Crippen molar-refractivity contribution in [3.8, 4) is 0 Å². The molecule has 0 saturated carbocycles. The molecule has 5 nitrogen and oxygen atoms in total. The molecule has 0 aliphatic carbocycles. The van der Waals surface area contributed by atoms with E-state index in [1.54, 1.807) is 6.92 Å². The Hall–Kier alpha value is -0.810. The average molecular weight is 211 g/mol. The van der Waals surface area contributed by atoms with Crippen molar-refractivity contribution < 1.29 is 14.7 Å². The van der Waals surface area contributed by atoms with Crippen LogP contribution >= 0.6 is 12.4 Å². The molecule has 6 heteroatoms. The minimum atomic E-state index is -1.07. The molecular weight excluding hydrogens is 196 g/mol. The second-order valence-corrected chi connectivity index (χ2v) is 2.44. The van der Waals surface area contributed by atoms with Crippen molar-refractivity contribution in [2.24, 2.45) is 5.73 Å². The molecule has 0 spiro atoms. The summed E-state index contributed by atoms with van der Waals surface area (Å²) in [7, 11) is 0. The van der Waals surface area contributed by atoms with Crippen LogP contribution in [0.25, 0.3) is 0 Å². The molecule has 0 heterocycles. The van der Waals surface area contributed by atoms with Gasteiger partial charge in [0.15, 0.2) is 0 Å². The maximum absolute atomic E-state index is 10.8. The van der Waals surface area contributed by atoms with Gasteiger partial charge in [-0.3, -0.25) is 9.59 Å². The topological polar surface area (TPSA) is 92.4 Å². The molecule has 0 rings (SSSR count).